The number of sulfone groups is 1. The van der Waals surface area contributed by atoms with E-state index in [2.05, 4.69) is 12.2 Å². The Morgan fingerprint density at radius 2 is 1.76 bits per heavy atom. The van der Waals surface area contributed by atoms with Crippen LogP contribution in [0.5, 0.6) is 0 Å². The highest BCUT2D eigenvalue weighted by atomic mass is 32.2. The van der Waals surface area contributed by atoms with Crippen molar-refractivity contribution < 1.29 is 22.7 Å². The van der Waals surface area contributed by atoms with Crippen molar-refractivity contribution in [3.63, 3.8) is 0 Å². The molecule has 0 aromatic heterocycles. The van der Waals surface area contributed by atoms with Gasteiger partial charge in [-0.3, -0.25) is 4.79 Å². The Morgan fingerprint density at radius 3 is 2.32 bits per heavy atom. The van der Waals surface area contributed by atoms with Crippen molar-refractivity contribution in [1.29, 1.82) is 0 Å². The molecule has 0 bridgehead atoms. The maximum absolute atomic E-state index is 12.2. The molecule has 0 radical (unpaired) electrons. The molecule has 25 heavy (non-hydrogen) atoms. The SMILES string of the molecule is C[C@@H](OC(=O)c1ccc(S(C)(=O)=O)cc1)C(=O)N[C@H]1CCCC[C@@H]1C. The highest BCUT2D eigenvalue weighted by Gasteiger charge is 2.26. The van der Waals surface area contributed by atoms with Crippen molar-refractivity contribution in [2.75, 3.05) is 6.26 Å². The molecule has 1 saturated carbocycles. The van der Waals surface area contributed by atoms with Gasteiger partial charge < -0.3 is 10.1 Å². The van der Waals surface area contributed by atoms with E-state index in [-0.39, 0.29) is 22.4 Å². The number of nitrogens with one attached hydrogen (secondary N) is 1. The van der Waals surface area contributed by atoms with Crippen molar-refractivity contribution in [2.24, 2.45) is 5.92 Å². The van der Waals surface area contributed by atoms with Crippen LogP contribution in [-0.4, -0.2) is 38.7 Å². The van der Waals surface area contributed by atoms with E-state index in [1.165, 1.54) is 37.6 Å². The van der Waals surface area contributed by atoms with Crippen molar-refractivity contribution in [1.82, 2.24) is 5.32 Å². The Balaban J connectivity index is 1.93. The molecular weight excluding hydrogens is 342 g/mol. The molecule has 3 atom stereocenters. The van der Waals surface area contributed by atoms with E-state index in [1.54, 1.807) is 0 Å². The lowest BCUT2D eigenvalue weighted by Gasteiger charge is -2.30. The lowest BCUT2D eigenvalue weighted by Crippen LogP contribution is -2.45. The summed E-state index contributed by atoms with van der Waals surface area (Å²) in [6.07, 6.45) is 4.50. The van der Waals surface area contributed by atoms with Gasteiger partial charge >= 0.3 is 5.97 Å². The van der Waals surface area contributed by atoms with Crippen LogP contribution in [0.3, 0.4) is 0 Å². The Hall–Kier alpha value is -1.89. The van der Waals surface area contributed by atoms with Gasteiger partial charge in [0.25, 0.3) is 5.91 Å². The number of benzene rings is 1. The van der Waals surface area contributed by atoms with E-state index in [0.29, 0.717) is 5.92 Å². The van der Waals surface area contributed by atoms with Crippen LogP contribution in [0.25, 0.3) is 0 Å². The molecule has 1 fully saturated rings. The normalized spacial score (nSPS) is 22.0. The topological polar surface area (TPSA) is 89.5 Å². The predicted octanol–water partition coefficient (Wildman–Crippen LogP) is 2.33. The van der Waals surface area contributed by atoms with Gasteiger partial charge in [-0.1, -0.05) is 19.8 Å². The second kappa shape index (κ2) is 7.99. The second-order valence-corrected chi connectivity index (χ2v) is 8.74. The minimum absolute atomic E-state index is 0.122. The van der Waals surface area contributed by atoms with E-state index in [1.807, 2.05) is 0 Å². The van der Waals surface area contributed by atoms with Crippen LogP contribution in [-0.2, 0) is 19.4 Å². The number of amides is 1. The standard InChI is InChI=1S/C18H25NO5S/c1-12-6-4-5-7-16(12)19-17(20)13(2)24-18(21)14-8-10-15(11-9-14)25(3,22)23/h8-13,16H,4-7H2,1-3H3,(H,19,20)/t12-,13+,16-/m0/s1. The van der Waals surface area contributed by atoms with Crippen molar-refractivity contribution in [2.45, 2.75) is 56.6 Å². The van der Waals surface area contributed by atoms with Crippen LogP contribution in [0.4, 0.5) is 0 Å². The van der Waals surface area contributed by atoms with E-state index >= 15 is 0 Å². The van der Waals surface area contributed by atoms with Crippen LogP contribution in [0.2, 0.25) is 0 Å². The van der Waals surface area contributed by atoms with Crippen LogP contribution < -0.4 is 5.32 Å². The van der Waals surface area contributed by atoms with Gasteiger partial charge in [-0.15, -0.1) is 0 Å². The Morgan fingerprint density at radius 1 is 1.16 bits per heavy atom. The summed E-state index contributed by atoms with van der Waals surface area (Å²) in [4.78, 5) is 24.5. The zero-order chi connectivity index (χ0) is 18.6. The van der Waals surface area contributed by atoms with Crippen molar-refractivity contribution in [3.8, 4) is 0 Å². The molecular formula is C18H25NO5S. The fraction of sp³-hybridized carbons (Fsp3) is 0.556. The molecule has 1 aliphatic carbocycles. The van der Waals surface area contributed by atoms with Crippen LogP contribution in [0.1, 0.15) is 49.9 Å². The fourth-order valence-corrected chi connectivity index (χ4v) is 3.58. The Labute approximate surface area is 148 Å². The molecule has 0 saturated heterocycles. The first-order valence-electron chi connectivity index (χ1n) is 8.50. The van der Waals surface area contributed by atoms with Gasteiger partial charge in [0.1, 0.15) is 0 Å². The molecule has 7 heteroatoms. The average molecular weight is 367 g/mol. The van der Waals surface area contributed by atoms with Gasteiger partial charge in [0, 0.05) is 12.3 Å². The number of carbonyl (C=O) groups excluding carboxylic acids is 2. The number of hydrogen-bond acceptors (Lipinski definition) is 5. The fourth-order valence-electron chi connectivity index (χ4n) is 2.95. The molecule has 138 valence electrons. The maximum atomic E-state index is 12.2. The van der Waals surface area contributed by atoms with Gasteiger partial charge in [0.05, 0.1) is 10.5 Å². The van der Waals surface area contributed by atoms with E-state index in [4.69, 9.17) is 4.74 Å². The van der Waals surface area contributed by atoms with Gasteiger partial charge in [-0.05, 0) is 49.9 Å². The zero-order valence-corrected chi connectivity index (χ0v) is 15.6. The highest BCUT2D eigenvalue weighted by Crippen LogP contribution is 2.23. The largest absolute Gasteiger partial charge is 0.449 e. The summed E-state index contributed by atoms with van der Waals surface area (Å²) in [7, 11) is -3.32. The summed E-state index contributed by atoms with van der Waals surface area (Å²) in [5.74, 6) is -0.539. The third-order valence-electron chi connectivity index (χ3n) is 4.61. The Kier molecular flexibility index (Phi) is 6.21. The number of hydrogen-bond donors (Lipinski definition) is 1. The minimum Gasteiger partial charge on any atom is -0.449 e. The molecule has 1 aliphatic rings. The van der Waals surface area contributed by atoms with Gasteiger partial charge in [0.15, 0.2) is 15.9 Å². The third-order valence-corrected chi connectivity index (χ3v) is 5.74. The van der Waals surface area contributed by atoms with E-state index < -0.39 is 21.9 Å². The molecule has 1 N–H and O–H groups in total. The number of ether oxygens (including phenoxy) is 1. The predicted molar refractivity (Wildman–Crippen MR) is 94.0 cm³/mol. The monoisotopic (exact) mass is 367 g/mol. The Bertz CT molecular complexity index is 726. The third kappa shape index (κ3) is 5.29. The first-order valence-corrected chi connectivity index (χ1v) is 10.4. The van der Waals surface area contributed by atoms with E-state index in [0.717, 1.165) is 25.5 Å². The summed E-state index contributed by atoms with van der Waals surface area (Å²) in [5.41, 5.74) is 0.207. The summed E-state index contributed by atoms with van der Waals surface area (Å²) in [5, 5.41) is 2.96. The molecule has 2 rings (SSSR count). The molecule has 0 aliphatic heterocycles. The van der Waals surface area contributed by atoms with Gasteiger partial charge in [-0.25, -0.2) is 13.2 Å². The summed E-state index contributed by atoms with van der Waals surface area (Å²) in [6.45, 7) is 3.65. The average Bonchev–Trinajstić information content (AvgIpc) is 2.56. The number of rotatable bonds is 5. The maximum Gasteiger partial charge on any atom is 0.338 e. The molecule has 1 amide bonds. The number of carbonyl (C=O) groups is 2. The second-order valence-electron chi connectivity index (χ2n) is 6.72. The highest BCUT2D eigenvalue weighted by molar-refractivity contribution is 7.90. The summed E-state index contributed by atoms with van der Waals surface area (Å²) >= 11 is 0. The molecule has 1 aromatic carbocycles. The van der Waals surface area contributed by atoms with Crippen LogP contribution in [0, 0.1) is 5.92 Å². The van der Waals surface area contributed by atoms with Crippen LogP contribution in [0.15, 0.2) is 29.2 Å². The van der Waals surface area contributed by atoms with Crippen LogP contribution >= 0.6 is 0 Å². The molecule has 6 nitrogen and oxygen atoms in total. The molecule has 0 unspecified atom stereocenters. The zero-order valence-electron chi connectivity index (χ0n) is 14.8. The van der Waals surface area contributed by atoms with Crippen molar-refractivity contribution in [3.05, 3.63) is 29.8 Å². The minimum atomic E-state index is -3.32. The lowest BCUT2D eigenvalue weighted by molar-refractivity contribution is -0.130. The quantitative estimate of drug-likeness (QED) is 0.807. The molecule has 0 spiro atoms. The van der Waals surface area contributed by atoms with Crippen molar-refractivity contribution >= 4 is 21.7 Å². The number of esters is 1. The molecule has 0 heterocycles. The summed E-state index contributed by atoms with van der Waals surface area (Å²) in [6, 6.07) is 5.58. The lowest BCUT2D eigenvalue weighted by atomic mass is 9.86. The molecule has 1 aromatic rings. The van der Waals surface area contributed by atoms with E-state index in [9.17, 15) is 18.0 Å². The first-order chi connectivity index (χ1) is 11.7. The first kappa shape index (κ1) is 19.4. The van der Waals surface area contributed by atoms with Gasteiger partial charge in [-0.2, -0.15) is 0 Å². The smallest absolute Gasteiger partial charge is 0.338 e. The van der Waals surface area contributed by atoms with Gasteiger partial charge in [0.2, 0.25) is 0 Å². The summed E-state index contributed by atoms with van der Waals surface area (Å²) < 4.78 is 28.1.